The first kappa shape index (κ1) is 19.8. The van der Waals surface area contributed by atoms with Gasteiger partial charge in [-0.3, -0.25) is 4.98 Å². The van der Waals surface area contributed by atoms with Crippen molar-refractivity contribution in [1.82, 2.24) is 19.7 Å². The lowest BCUT2D eigenvalue weighted by Gasteiger charge is -2.15. The van der Waals surface area contributed by atoms with Crippen LogP contribution in [0.4, 0.5) is 40.8 Å². The molecule has 0 fully saturated rings. The van der Waals surface area contributed by atoms with E-state index in [1.54, 1.807) is 0 Å². The number of aryl methyl sites for hydroxylation is 1. The number of pyridine rings is 1. The zero-order valence-electron chi connectivity index (χ0n) is 12.9. The van der Waals surface area contributed by atoms with Gasteiger partial charge in [-0.15, -0.1) is 5.10 Å². The van der Waals surface area contributed by atoms with Crippen molar-refractivity contribution >= 4 is 5.69 Å². The Morgan fingerprint density at radius 3 is 2.08 bits per heavy atom. The van der Waals surface area contributed by atoms with Gasteiger partial charge in [0.25, 0.3) is 0 Å². The smallest absolute Gasteiger partial charge is 0.367 e. The van der Waals surface area contributed by atoms with Gasteiger partial charge in [0.05, 0.1) is 23.6 Å². The fourth-order valence-corrected chi connectivity index (χ4v) is 1.90. The van der Waals surface area contributed by atoms with E-state index in [9.17, 15) is 35.1 Å². The number of nitrogen functional groups attached to an aromatic ring is 1. The number of anilines is 1. The molecule has 0 bridgehead atoms. The highest BCUT2D eigenvalue weighted by atomic mass is 19.3. The molecule has 0 aliphatic rings. The molecule has 13 heteroatoms. The minimum Gasteiger partial charge on any atom is -0.397 e. The zero-order valence-corrected chi connectivity index (χ0v) is 12.9. The maximum Gasteiger partial charge on any atom is 0.367 e. The number of halogens is 8. The number of hydrogen-bond donors (Lipinski definition) is 1. The third-order valence-electron chi connectivity index (χ3n) is 3.31. The van der Waals surface area contributed by atoms with Gasteiger partial charge >= 0.3 is 24.7 Å². The summed E-state index contributed by atoms with van der Waals surface area (Å²) >= 11 is 0. The predicted octanol–water partition coefficient (Wildman–Crippen LogP) is 3.33. The average Bonchev–Trinajstić information content (AvgIpc) is 2.96. The lowest BCUT2D eigenvalue weighted by molar-refractivity contribution is -0.146. The van der Waals surface area contributed by atoms with Gasteiger partial charge in [0.15, 0.2) is 0 Å². The number of hydrogen-bond acceptors (Lipinski definition) is 4. The third kappa shape index (κ3) is 3.55. The van der Waals surface area contributed by atoms with Crippen LogP contribution in [-0.4, -0.2) is 32.6 Å². The third-order valence-corrected chi connectivity index (χ3v) is 3.31. The average molecular weight is 389 g/mol. The van der Waals surface area contributed by atoms with E-state index >= 15 is 0 Å². The summed E-state index contributed by atoms with van der Waals surface area (Å²) in [6, 6.07) is 2.52. The Morgan fingerprint density at radius 2 is 1.58 bits per heavy atom. The fraction of sp³-hybridized carbons (Fsp3) is 0.462. The van der Waals surface area contributed by atoms with Crippen LogP contribution < -0.4 is 5.73 Å². The highest BCUT2D eigenvalue weighted by molar-refractivity contribution is 5.42. The van der Waals surface area contributed by atoms with E-state index in [0.717, 1.165) is 0 Å². The van der Waals surface area contributed by atoms with Crippen molar-refractivity contribution in [3.63, 3.8) is 0 Å². The minimum atomic E-state index is -5.00. The van der Waals surface area contributed by atoms with Gasteiger partial charge in [0.2, 0.25) is 11.6 Å². The summed E-state index contributed by atoms with van der Waals surface area (Å²) in [6.45, 7) is 0.663. The van der Waals surface area contributed by atoms with E-state index in [-0.39, 0.29) is 21.8 Å². The molecule has 0 aliphatic heterocycles. The molecule has 2 aromatic heterocycles. The van der Waals surface area contributed by atoms with Gasteiger partial charge in [-0.25, -0.2) is 27.2 Å². The van der Waals surface area contributed by atoms with Gasteiger partial charge in [-0.2, -0.15) is 17.6 Å². The van der Waals surface area contributed by atoms with Crippen LogP contribution >= 0.6 is 0 Å². The molecule has 0 saturated heterocycles. The molecule has 0 amide bonds. The monoisotopic (exact) mass is 389 g/mol. The Labute approximate surface area is 140 Å². The molecule has 2 heterocycles. The second kappa shape index (κ2) is 6.68. The molecule has 2 rings (SSSR count). The lowest BCUT2D eigenvalue weighted by Crippen LogP contribution is -2.29. The van der Waals surface area contributed by atoms with Gasteiger partial charge < -0.3 is 5.73 Å². The molecule has 0 aromatic carbocycles. The van der Waals surface area contributed by atoms with E-state index in [2.05, 4.69) is 15.1 Å². The minimum absolute atomic E-state index is 0.00422. The molecular weight excluding hydrogens is 378 g/mol. The largest absolute Gasteiger partial charge is 0.397 e. The summed E-state index contributed by atoms with van der Waals surface area (Å²) in [7, 11) is 0. The molecule has 2 N–H and O–H groups in total. The Kier molecular flexibility index (Phi) is 5.10. The summed E-state index contributed by atoms with van der Waals surface area (Å²) in [5.74, 6) is -13.9. The highest BCUT2D eigenvalue weighted by Gasteiger charge is 2.52. The van der Waals surface area contributed by atoms with E-state index < -0.39 is 42.9 Å². The highest BCUT2D eigenvalue weighted by Crippen LogP contribution is 2.37. The van der Waals surface area contributed by atoms with Crippen molar-refractivity contribution in [2.24, 2.45) is 0 Å². The molecule has 144 valence electrons. The van der Waals surface area contributed by atoms with Crippen LogP contribution in [0.15, 0.2) is 12.1 Å². The number of rotatable bonds is 6. The maximum absolute atomic E-state index is 13.6. The van der Waals surface area contributed by atoms with Crippen LogP contribution in [0.1, 0.15) is 23.0 Å². The topological polar surface area (TPSA) is 69.6 Å². The van der Waals surface area contributed by atoms with E-state index in [1.807, 2.05) is 0 Å². The Morgan fingerprint density at radius 1 is 1.00 bits per heavy atom. The number of nitrogens with zero attached hydrogens (tertiary/aromatic N) is 4. The second-order valence-electron chi connectivity index (χ2n) is 5.24. The van der Waals surface area contributed by atoms with Crippen LogP contribution in [-0.2, 0) is 18.4 Å². The standard InChI is InChI=1S/C13H11F8N5/c1-5-7(22)3-2-6(23-5)4-26-11(13(20,21)9(16)17)24-10(25-26)12(18,19)8(14)15/h2-3,8-9H,4,22H2,1H3. The van der Waals surface area contributed by atoms with Crippen LogP contribution in [0, 0.1) is 6.92 Å². The normalized spacial score (nSPS) is 13.0. The van der Waals surface area contributed by atoms with Gasteiger partial charge in [0.1, 0.15) is 0 Å². The summed E-state index contributed by atoms with van der Waals surface area (Å²) in [6.07, 6.45) is -8.64. The second-order valence-corrected chi connectivity index (χ2v) is 5.24. The predicted molar refractivity (Wildman–Crippen MR) is 72.3 cm³/mol. The van der Waals surface area contributed by atoms with Gasteiger partial charge in [-0.1, -0.05) is 0 Å². The van der Waals surface area contributed by atoms with Crippen molar-refractivity contribution < 1.29 is 35.1 Å². The van der Waals surface area contributed by atoms with Crippen molar-refractivity contribution in [3.05, 3.63) is 35.2 Å². The van der Waals surface area contributed by atoms with Crippen LogP contribution in [0.2, 0.25) is 0 Å². The zero-order chi connectivity index (χ0) is 19.9. The first-order valence-electron chi connectivity index (χ1n) is 6.87. The first-order valence-corrected chi connectivity index (χ1v) is 6.87. The Balaban J connectivity index is 2.55. The summed E-state index contributed by atoms with van der Waals surface area (Å²) < 4.78 is 104. The van der Waals surface area contributed by atoms with Gasteiger partial charge in [0, 0.05) is 0 Å². The number of alkyl halides is 8. The Hall–Kier alpha value is -2.47. The van der Waals surface area contributed by atoms with Crippen molar-refractivity contribution in [1.29, 1.82) is 0 Å². The number of aromatic nitrogens is 4. The molecule has 0 spiro atoms. The molecule has 26 heavy (non-hydrogen) atoms. The van der Waals surface area contributed by atoms with Crippen molar-refractivity contribution in [2.45, 2.75) is 38.2 Å². The summed E-state index contributed by atoms with van der Waals surface area (Å²) in [5, 5.41) is 2.89. The van der Waals surface area contributed by atoms with Crippen LogP contribution in [0.3, 0.4) is 0 Å². The first-order chi connectivity index (χ1) is 11.9. The molecule has 5 nitrogen and oxygen atoms in total. The Bertz CT molecular complexity index is 789. The summed E-state index contributed by atoms with van der Waals surface area (Å²) in [4.78, 5) is 6.43. The molecule has 0 atom stereocenters. The van der Waals surface area contributed by atoms with E-state index in [0.29, 0.717) is 0 Å². The van der Waals surface area contributed by atoms with E-state index in [4.69, 9.17) is 5.73 Å². The van der Waals surface area contributed by atoms with Crippen LogP contribution in [0.5, 0.6) is 0 Å². The molecule has 2 aromatic rings. The molecule has 0 aliphatic carbocycles. The quantitative estimate of drug-likeness (QED) is 0.770. The van der Waals surface area contributed by atoms with Crippen molar-refractivity contribution in [2.75, 3.05) is 5.73 Å². The van der Waals surface area contributed by atoms with Crippen molar-refractivity contribution in [3.8, 4) is 0 Å². The molecule has 0 unspecified atom stereocenters. The molecule has 0 saturated carbocycles. The lowest BCUT2D eigenvalue weighted by atomic mass is 10.2. The van der Waals surface area contributed by atoms with Gasteiger partial charge in [-0.05, 0) is 19.1 Å². The maximum atomic E-state index is 13.6. The van der Waals surface area contributed by atoms with E-state index in [1.165, 1.54) is 19.1 Å². The SMILES string of the molecule is Cc1nc(Cn2nc(C(F)(F)C(F)F)nc2C(F)(F)C(F)F)ccc1N. The number of nitrogens with two attached hydrogens (primary N) is 1. The molecular formula is C13H11F8N5. The summed E-state index contributed by atoms with van der Waals surface area (Å²) in [5.41, 5.74) is 5.95. The fourth-order valence-electron chi connectivity index (χ4n) is 1.90. The molecule has 0 radical (unpaired) electrons. The van der Waals surface area contributed by atoms with Crippen LogP contribution in [0.25, 0.3) is 0 Å².